The topological polar surface area (TPSA) is 72.5 Å². The van der Waals surface area contributed by atoms with Gasteiger partial charge in [0.05, 0.1) is 18.9 Å². The highest BCUT2D eigenvalue weighted by Crippen LogP contribution is 2.34. The van der Waals surface area contributed by atoms with Crippen LogP contribution in [-0.4, -0.2) is 41.5 Å². The van der Waals surface area contributed by atoms with Crippen LogP contribution in [-0.2, 0) is 0 Å². The average Bonchev–Trinajstić information content (AvgIpc) is 2.97. The summed E-state index contributed by atoms with van der Waals surface area (Å²) in [5.74, 6) is 0. The Labute approximate surface area is 227 Å². The lowest BCUT2D eigenvalue weighted by atomic mass is 10.0. The molecule has 194 valence electrons. The molecule has 0 spiro atoms. The molecular weight excluding hydrogens is 484 g/mol. The minimum atomic E-state index is 0.00667. The number of aryl methyl sites for hydroxylation is 1. The van der Waals surface area contributed by atoms with Gasteiger partial charge in [-0.1, -0.05) is 60.2 Å². The lowest BCUT2D eigenvalue weighted by Crippen LogP contribution is -2.34. The second kappa shape index (κ2) is 10.7. The Kier molecular flexibility index (Phi) is 6.80. The fraction of sp³-hybridized carbons (Fsp3) is 0.152. The molecule has 0 aliphatic rings. The minimum Gasteiger partial charge on any atom is -0.395 e. The Morgan fingerprint density at radius 2 is 1.44 bits per heavy atom. The van der Waals surface area contributed by atoms with Crippen molar-refractivity contribution in [3.05, 3.63) is 109 Å². The first-order chi connectivity index (χ1) is 19.2. The molecule has 0 radical (unpaired) electrons. The number of nitrogens with one attached hydrogen (secondary N) is 1. The third kappa shape index (κ3) is 4.76. The van der Waals surface area contributed by atoms with Crippen LogP contribution in [0.5, 0.6) is 0 Å². The predicted octanol–water partition coefficient (Wildman–Crippen LogP) is 5.66. The van der Waals surface area contributed by atoms with Gasteiger partial charge in [0, 0.05) is 59.5 Å². The summed E-state index contributed by atoms with van der Waals surface area (Å²) in [6.07, 6.45) is 0. The molecule has 5 aromatic carbocycles. The van der Waals surface area contributed by atoms with Crippen molar-refractivity contribution in [2.75, 3.05) is 36.5 Å². The first-order valence-corrected chi connectivity index (χ1v) is 13.2. The Bertz CT molecular complexity index is 1760. The molecule has 6 aromatic rings. The number of aliphatic hydroxyl groups excluding tert-OH is 2. The maximum Gasteiger partial charge on any atom is 0.240 e. The highest BCUT2D eigenvalue weighted by molar-refractivity contribution is 6.11. The maximum absolute atomic E-state index is 9.63. The van der Waals surface area contributed by atoms with E-state index in [0.717, 1.165) is 55.6 Å². The van der Waals surface area contributed by atoms with Gasteiger partial charge in [0.25, 0.3) is 0 Å². The van der Waals surface area contributed by atoms with Crippen molar-refractivity contribution in [3.8, 4) is 5.69 Å². The molecule has 0 fully saturated rings. The summed E-state index contributed by atoms with van der Waals surface area (Å²) in [6, 6.07) is 35.4. The van der Waals surface area contributed by atoms with Crippen LogP contribution < -0.4 is 14.8 Å². The minimum absolute atomic E-state index is 0.00667. The molecule has 6 nitrogen and oxygen atoms in total. The SMILES string of the molecule is Cc1ccc(Nc2cc3c(nc4ccc(N(CCO)CCO)cc4[n+]3-c3ccccc3)c3ccccc23)cc1. The van der Waals surface area contributed by atoms with E-state index in [0.29, 0.717) is 13.1 Å². The van der Waals surface area contributed by atoms with Gasteiger partial charge in [-0.05, 0) is 31.2 Å². The summed E-state index contributed by atoms with van der Waals surface area (Å²) in [6.45, 7) is 2.98. The van der Waals surface area contributed by atoms with E-state index in [1.165, 1.54) is 5.56 Å². The van der Waals surface area contributed by atoms with E-state index in [4.69, 9.17) is 4.98 Å². The van der Waals surface area contributed by atoms with Gasteiger partial charge in [-0.3, -0.25) is 0 Å². The first kappa shape index (κ1) is 24.8. The number of rotatable bonds is 8. The summed E-state index contributed by atoms with van der Waals surface area (Å²) in [7, 11) is 0. The molecule has 0 aliphatic heterocycles. The Hall–Kier alpha value is -4.52. The van der Waals surface area contributed by atoms with Gasteiger partial charge in [-0.25, -0.2) is 4.98 Å². The predicted molar refractivity (Wildman–Crippen MR) is 159 cm³/mol. The van der Waals surface area contributed by atoms with Crippen LogP contribution in [0.25, 0.3) is 38.5 Å². The highest BCUT2D eigenvalue weighted by atomic mass is 16.3. The normalized spacial score (nSPS) is 11.4. The standard InChI is InChI=1S/C33H30N4O2/c1-23-11-13-24(14-12-23)34-30-22-32-33(28-10-6-5-9-27(28)30)35-29-16-15-26(36(17-19-38)18-20-39)21-31(29)37(32)25-7-3-2-4-8-25/h2-16,21-22,38-39H,17-20H2,1H3/p+1. The molecule has 1 heterocycles. The van der Waals surface area contributed by atoms with E-state index < -0.39 is 0 Å². The van der Waals surface area contributed by atoms with Crippen LogP contribution in [0.15, 0.2) is 103 Å². The molecule has 6 heteroatoms. The smallest absolute Gasteiger partial charge is 0.240 e. The van der Waals surface area contributed by atoms with E-state index in [1.54, 1.807) is 0 Å². The number of hydrogen-bond acceptors (Lipinski definition) is 5. The fourth-order valence-electron chi connectivity index (χ4n) is 5.23. The van der Waals surface area contributed by atoms with Crippen molar-refractivity contribution in [2.24, 2.45) is 0 Å². The zero-order chi connectivity index (χ0) is 26.8. The third-order valence-corrected chi connectivity index (χ3v) is 7.12. The van der Waals surface area contributed by atoms with Gasteiger partial charge in [-0.2, -0.15) is 0 Å². The van der Waals surface area contributed by atoms with Gasteiger partial charge in [0.15, 0.2) is 0 Å². The van der Waals surface area contributed by atoms with Crippen LogP contribution in [0.1, 0.15) is 5.56 Å². The molecule has 0 saturated heterocycles. The number of para-hydroxylation sites is 1. The highest BCUT2D eigenvalue weighted by Gasteiger charge is 2.23. The summed E-state index contributed by atoms with van der Waals surface area (Å²) in [4.78, 5) is 7.17. The van der Waals surface area contributed by atoms with E-state index in [1.807, 2.05) is 35.2 Å². The molecule has 39 heavy (non-hydrogen) atoms. The number of anilines is 3. The van der Waals surface area contributed by atoms with Crippen molar-refractivity contribution < 1.29 is 14.8 Å². The van der Waals surface area contributed by atoms with Gasteiger partial charge in [0.1, 0.15) is 11.0 Å². The number of benzene rings is 5. The summed E-state index contributed by atoms with van der Waals surface area (Å²) < 4.78 is 2.25. The largest absolute Gasteiger partial charge is 0.395 e. The van der Waals surface area contributed by atoms with Crippen LogP contribution in [0.2, 0.25) is 0 Å². The molecule has 0 atom stereocenters. The fourth-order valence-corrected chi connectivity index (χ4v) is 5.23. The first-order valence-electron chi connectivity index (χ1n) is 13.2. The van der Waals surface area contributed by atoms with E-state index in [9.17, 15) is 10.2 Å². The van der Waals surface area contributed by atoms with E-state index in [-0.39, 0.29) is 13.2 Å². The van der Waals surface area contributed by atoms with Gasteiger partial charge in [0.2, 0.25) is 16.7 Å². The molecule has 6 rings (SSSR count). The molecule has 1 aromatic heterocycles. The number of fused-ring (bicyclic) bond motifs is 4. The van der Waals surface area contributed by atoms with Crippen molar-refractivity contribution in [3.63, 3.8) is 0 Å². The average molecular weight is 516 g/mol. The van der Waals surface area contributed by atoms with Crippen molar-refractivity contribution in [1.29, 1.82) is 0 Å². The second-order valence-electron chi connectivity index (χ2n) is 9.72. The maximum atomic E-state index is 9.63. The zero-order valence-corrected chi connectivity index (χ0v) is 21.9. The van der Waals surface area contributed by atoms with Crippen LogP contribution in [0.3, 0.4) is 0 Å². The number of hydrogen-bond donors (Lipinski definition) is 3. The monoisotopic (exact) mass is 515 g/mol. The van der Waals surface area contributed by atoms with Crippen molar-refractivity contribution in [1.82, 2.24) is 4.98 Å². The van der Waals surface area contributed by atoms with E-state index >= 15 is 0 Å². The second-order valence-corrected chi connectivity index (χ2v) is 9.72. The Morgan fingerprint density at radius 3 is 2.15 bits per heavy atom. The molecule has 0 bridgehead atoms. The summed E-state index contributed by atoms with van der Waals surface area (Å²) >= 11 is 0. The summed E-state index contributed by atoms with van der Waals surface area (Å²) in [5, 5.41) is 25.1. The van der Waals surface area contributed by atoms with Gasteiger partial charge in [-0.15, -0.1) is 4.57 Å². The molecule has 0 aliphatic carbocycles. The Morgan fingerprint density at radius 1 is 0.744 bits per heavy atom. The van der Waals surface area contributed by atoms with Gasteiger partial charge >= 0.3 is 0 Å². The lowest BCUT2D eigenvalue weighted by molar-refractivity contribution is -0.538. The Balaban J connectivity index is 1.67. The van der Waals surface area contributed by atoms with Crippen molar-refractivity contribution in [2.45, 2.75) is 6.92 Å². The molecule has 3 N–H and O–H groups in total. The molecule has 0 amide bonds. The van der Waals surface area contributed by atoms with Crippen LogP contribution in [0.4, 0.5) is 17.1 Å². The molecule has 0 saturated carbocycles. The third-order valence-electron chi connectivity index (χ3n) is 7.12. The number of nitrogens with zero attached hydrogens (tertiary/aromatic N) is 3. The number of aliphatic hydroxyl groups is 2. The van der Waals surface area contributed by atoms with E-state index in [2.05, 4.69) is 89.6 Å². The van der Waals surface area contributed by atoms with Crippen LogP contribution in [0, 0.1) is 6.92 Å². The molecular formula is C33H31N4O2+. The van der Waals surface area contributed by atoms with Crippen LogP contribution >= 0.6 is 0 Å². The van der Waals surface area contributed by atoms with Crippen molar-refractivity contribution >= 4 is 49.9 Å². The van der Waals surface area contributed by atoms with Gasteiger partial charge < -0.3 is 20.4 Å². The zero-order valence-electron chi connectivity index (χ0n) is 21.9. The number of aromatic nitrogens is 2. The summed E-state index contributed by atoms with van der Waals surface area (Å²) in [5.41, 5.74) is 8.92. The lowest BCUT2D eigenvalue weighted by Gasteiger charge is -2.22. The molecule has 0 unspecified atom stereocenters. The quantitative estimate of drug-likeness (QED) is 0.139.